The molecule has 4 rings (SSSR count). The van der Waals surface area contributed by atoms with Crippen molar-refractivity contribution in [2.24, 2.45) is 11.8 Å². The highest BCUT2D eigenvalue weighted by atomic mass is 31.2. The van der Waals surface area contributed by atoms with E-state index in [9.17, 15) is 9.13 Å². The molecule has 10 nitrogen and oxygen atoms in total. The monoisotopic (exact) mass is 817 g/mol. The molecule has 0 aliphatic carbocycles. The normalized spacial score (nSPS) is 15.8. The molecule has 4 aromatic rings. The zero-order chi connectivity index (χ0) is 40.6. The Kier molecular flexibility index (Phi) is 21.4. The summed E-state index contributed by atoms with van der Waals surface area (Å²) in [7, 11) is -4.23. The third-order valence-corrected chi connectivity index (χ3v) is 11.3. The zero-order valence-electron chi connectivity index (χ0n) is 33.3. The lowest BCUT2D eigenvalue weighted by Gasteiger charge is -2.33. The van der Waals surface area contributed by atoms with Gasteiger partial charge in [-0.3, -0.25) is 18.1 Å². The number of rotatable bonds is 29. The van der Waals surface area contributed by atoms with Crippen LogP contribution in [0.5, 0.6) is 0 Å². The van der Waals surface area contributed by atoms with E-state index in [2.05, 4.69) is 4.85 Å². The summed E-state index contributed by atoms with van der Waals surface area (Å²) in [5.74, 6) is -0.415. The minimum atomic E-state index is -4.27. The summed E-state index contributed by atoms with van der Waals surface area (Å²) in [6.07, 6.45) is -0.282. The predicted octanol–water partition coefficient (Wildman–Crippen LogP) is 10.8. The smallest absolute Gasteiger partial charge is 0.371 e. The Morgan fingerprint density at radius 2 is 1.02 bits per heavy atom. The van der Waals surface area contributed by atoms with Crippen LogP contribution >= 0.6 is 16.3 Å². The van der Waals surface area contributed by atoms with Crippen LogP contribution in [0.2, 0.25) is 0 Å². The SMILES string of the molecule is [C-]#[N+]CCOP(=O)(OC[C@@H](C)[C@@H](OCc1ccccc1)[C@H](CC)OCc1ccccc1)OC[C@H](OCc1ccccc1)[C@H](OCc1ccccc1)[C@H](C)CCP=O. The Bertz CT molecular complexity index is 1750. The highest BCUT2D eigenvalue weighted by molar-refractivity contribution is 7.48. The molecule has 4 aromatic carbocycles. The summed E-state index contributed by atoms with van der Waals surface area (Å²) in [4.78, 5) is 3.37. The largest absolute Gasteiger partial charge is 0.475 e. The van der Waals surface area contributed by atoms with E-state index in [4.69, 9.17) is 39.1 Å². The first kappa shape index (κ1) is 46.1. The van der Waals surface area contributed by atoms with Gasteiger partial charge in [-0.05, 0) is 41.0 Å². The fourth-order valence-corrected chi connectivity index (χ4v) is 8.04. The molecule has 12 heteroatoms. The summed E-state index contributed by atoms with van der Waals surface area (Å²) in [6, 6.07) is 39.4. The highest BCUT2D eigenvalue weighted by Crippen LogP contribution is 2.50. The fourth-order valence-electron chi connectivity index (χ4n) is 6.25. The van der Waals surface area contributed by atoms with Gasteiger partial charge in [0.05, 0.1) is 58.0 Å². The lowest BCUT2D eigenvalue weighted by molar-refractivity contribution is -0.125. The van der Waals surface area contributed by atoms with Crippen LogP contribution in [-0.2, 0) is 68.1 Å². The molecule has 0 aliphatic heterocycles. The summed E-state index contributed by atoms with van der Waals surface area (Å²) in [5.41, 5.74) is 3.98. The molecule has 0 radical (unpaired) electrons. The summed E-state index contributed by atoms with van der Waals surface area (Å²) in [5, 5.41) is 0. The average molecular weight is 818 g/mol. The number of hydrogen-bond acceptors (Lipinski definition) is 9. The molecule has 1 unspecified atom stereocenters. The number of benzene rings is 4. The van der Waals surface area contributed by atoms with Crippen molar-refractivity contribution in [2.75, 3.05) is 32.5 Å². The number of phosphoric ester groups is 1. The first-order valence-electron chi connectivity index (χ1n) is 19.6. The Balaban J connectivity index is 1.54. The lowest BCUT2D eigenvalue weighted by atomic mass is 9.97. The molecule has 0 aromatic heterocycles. The Hall–Kier alpha value is -3.58. The third-order valence-electron chi connectivity index (χ3n) is 9.46. The molecule has 57 heavy (non-hydrogen) atoms. The van der Waals surface area contributed by atoms with Gasteiger partial charge in [-0.15, -0.1) is 0 Å². The second-order valence-corrected chi connectivity index (χ2v) is 16.3. The van der Waals surface area contributed by atoms with E-state index in [1.54, 1.807) is 0 Å². The summed E-state index contributed by atoms with van der Waals surface area (Å²) in [6.45, 7) is 14.2. The average Bonchev–Trinajstić information content (AvgIpc) is 3.25. The van der Waals surface area contributed by atoms with Crippen LogP contribution in [0.25, 0.3) is 4.85 Å². The Morgan fingerprint density at radius 3 is 1.46 bits per heavy atom. The van der Waals surface area contributed by atoms with Crippen molar-refractivity contribution in [1.29, 1.82) is 0 Å². The second kappa shape index (κ2) is 26.4. The molecule has 0 heterocycles. The minimum absolute atomic E-state index is 0.0253. The first-order valence-corrected chi connectivity index (χ1v) is 22.1. The van der Waals surface area contributed by atoms with E-state index in [1.165, 1.54) is 0 Å². The van der Waals surface area contributed by atoms with Crippen LogP contribution in [0.1, 0.15) is 55.9 Å². The van der Waals surface area contributed by atoms with Crippen molar-refractivity contribution in [3.8, 4) is 0 Å². The van der Waals surface area contributed by atoms with Crippen molar-refractivity contribution in [1.82, 2.24) is 0 Å². The van der Waals surface area contributed by atoms with Crippen molar-refractivity contribution in [2.45, 2.75) is 84.5 Å². The molecule has 0 bridgehead atoms. The van der Waals surface area contributed by atoms with E-state index in [0.29, 0.717) is 38.8 Å². The van der Waals surface area contributed by atoms with E-state index < -0.39 is 26.1 Å². The van der Waals surface area contributed by atoms with E-state index in [1.807, 2.05) is 142 Å². The Morgan fingerprint density at radius 1 is 0.596 bits per heavy atom. The molecule has 0 saturated heterocycles. The minimum Gasteiger partial charge on any atom is -0.371 e. The van der Waals surface area contributed by atoms with Gasteiger partial charge < -0.3 is 23.8 Å². The highest BCUT2D eigenvalue weighted by Gasteiger charge is 2.36. The van der Waals surface area contributed by atoms with Crippen LogP contribution in [0.4, 0.5) is 0 Å². The topological polar surface area (TPSA) is 103 Å². The fraction of sp³-hybridized carbons (Fsp3) is 0.444. The summed E-state index contributed by atoms with van der Waals surface area (Å²) < 4.78 is 70.0. The number of nitrogens with zero attached hydrogens (tertiary/aromatic N) is 1. The molecular weight excluding hydrogens is 760 g/mol. The van der Waals surface area contributed by atoms with Gasteiger partial charge in [0.1, 0.15) is 12.7 Å². The van der Waals surface area contributed by atoms with Crippen LogP contribution < -0.4 is 0 Å². The van der Waals surface area contributed by atoms with E-state index >= 15 is 0 Å². The predicted molar refractivity (Wildman–Crippen MR) is 223 cm³/mol. The van der Waals surface area contributed by atoms with Crippen LogP contribution in [0.3, 0.4) is 0 Å². The lowest BCUT2D eigenvalue weighted by Crippen LogP contribution is -2.40. The first-order chi connectivity index (χ1) is 27.8. The van der Waals surface area contributed by atoms with Gasteiger partial charge in [-0.25, -0.2) is 11.1 Å². The third kappa shape index (κ3) is 17.0. The second-order valence-electron chi connectivity index (χ2n) is 14.0. The number of hydrogen-bond donors (Lipinski definition) is 0. The maximum absolute atomic E-state index is 14.5. The van der Waals surface area contributed by atoms with Crippen molar-refractivity contribution in [3.63, 3.8) is 0 Å². The molecule has 0 fully saturated rings. The van der Waals surface area contributed by atoms with Crippen LogP contribution in [-0.4, -0.2) is 56.9 Å². The summed E-state index contributed by atoms with van der Waals surface area (Å²) >= 11 is 0. The molecule has 0 saturated carbocycles. The molecule has 306 valence electrons. The van der Waals surface area contributed by atoms with Gasteiger partial charge in [0.25, 0.3) is 0 Å². The number of phosphoric acid groups is 1. The standard InChI is InChI=1S/C45H57NO9P2/c1-5-42(49-31-38-18-10-6-11-19-38)45(52-34-41-24-16-9-17-25-41)37(3)30-54-57(48,53-28-27-46-4)55-35-43(50-32-39-20-12-7-13-21-39)44(36(2)26-29-56-47)51-33-40-22-14-8-15-23-40/h6-25,36-37,42-45H,5,26-35H2,1-3H3/t36-,37-,42+,43+,44-,45-,57?/m1/s1. The van der Waals surface area contributed by atoms with Crippen molar-refractivity contribution >= 4 is 16.3 Å². The zero-order valence-corrected chi connectivity index (χ0v) is 35.1. The molecule has 0 aliphatic rings. The van der Waals surface area contributed by atoms with Crippen LogP contribution in [0, 0.1) is 18.4 Å². The molecule has 0 N–H and O–H groups in total. The Labute approximate surface area is 340 Å². The number of ether oxygens (including phenoxy) is 4. The maximum atomic E-state index is 14.5. The molecular formula is C45H57NO9P2. The van der Waals surface area contributed by atoms with Gasteiger partial charge in [0.2, 0.25) is 6.54 Å². The van der Waals surface area contributed by atoms with Gasteiger partial charge in [0, 0.05) is 12.1 Å². The van der Waals surface area contributed by atoms with Gasteiger partial charge in [-0.1, -0.05) is 142 Å². The van der Waals surface area contributed by atoms with Crippen molar-refractivity contribution in [3.05, 3.63) is 155 Å². The van der Waals surface area contributed by atoms with E-state index in [0.717, 1.165) is 22.3 Å². The molecule has 7 atom stereocenters. The van der Waals surface area contributed by atoms with E-state index in [-0.39, 0.29) is 59.4 Å². The van der Waals surface area contributed by atoms with Gasteiger partial charge in [-0.2, -0.15) is 0 Å². The molecule has 0 spiro atoms. The van der Waals surface area contributed by atoms with Crippen LogP contribution in [0.15, 0.2) is 121 Å². The van der Waals surface area contributed by atoms with Gasteiger partial charge in [0.15, 0.2) is 8.46 Å². The van der Waals surface area contributed by atoms with Gasteiger partial charge >= 0.3 is 7.82 Å². The quantitative estimate of drug-likeness (QED) is 0.0301. The maximum Gasteiger partial charge on any atom is 0.475 e. The molecule has 0 amide bonds. The van der Waals surface area contributed by atoms with Crippen molar-refractivity contribution < 1.29 is 41.6 Å².